The second-order valence-corrected chi connectivity index (χ2v) is 4.04. The summed E-state index contributed by atoms with van der Waals surface area (Å²) in [6.07, 6.45) is 1.51. The smallest absolute Gasteiger partial charge is 0.266 e. The molecule has 0 aliphatic carbocycles. The Kier molecular flexibility index (Phi) is 4.04. The van der Waals surface area contributed by atoms with E-state index in [1.807, 2.05) is 13.8 Å². The number of aromatic amines is 1. The molecular weight excluding hydrogens is 208 g/mol. The van der Waals surface area contributed by atoms with Crippen LogP contribution in [0, 0.1) is 5.92 Å². The fraction of sp³-hybridized carbons (Fsp3) is 0.500. The van der Waals surface area contributed by atoms with Crippen LogP contribution in [0.4, 0.5) is 5.69 Å². The molecule has 0 bridgehead atoms. The van der Waals surface area contributed by atoms with Gasteiger partial charge in [-0.1, -0.05) is 13.8 Å². The zero-order chi connectivity index (χ0) is 12.1. The van der Waals surface area contributed by atoms with Crippen LogP contribution in [0.3, 0.4) is 0 Å². The van der Waals surface area contributed by atoms with Crippen LogP contribution in [-0.4, -0.2) is 29.2 Å². The molecule has 1 heterocycles. The largest absolute Gasteiger partial charge is 0.368 e. The molecule has 0 aromatic carbocycles. The summed E-state index contributed by atoms with van der Waals surface area (Å²) < 4.78 is 0. The van der Waals surface area contributed by atoms with Gasteiger partial charge in [0.1, 0.15) is 0 Å². The SMILES string of the molecule is CC(C)CN(CC(N)=O)c1cn[nH]c(=O)c1. The third-order valence-electron chi connectivity index (χ3n) is 1.95. The molecule has 0 saturated carbocycles. The van der Waals surface area contributed by atoms with Crippen molar-refractivity contribution < 1.29 is 4.79 Å². The molecule has 1 aromatic rings. The number of hydrogen-bond acceptors (Lipinski definition) is 4. The predicted molar refractivity (Wildman–Crippen MR) is 61.1 cm³/mol. The number of hydrogen-bond donors (Lipinski definition) is 2. The molecule has 1 aromatic heterocycles. The Bertz CT molecular complexity index is 413. The first kappa shape index (κ1) is 12.2. The van der Waals surface area contributed by atoms with E-state index in [0.29, 0.717) is 18.2 Å². The third kappa shape index (κ3) is 3.72. The summed E-state index contributed by atoms with van der Waals surface area (Å²) in [5.41, 5.74) is 5.47. The topological polar surface area (TPSA) is 92.1 Å². The van der Waals surface area contributed by atoms with E-state index in [1.165, 1.54) is 12.3 Å². The first-order valence-corrected chi connectivity index (χ1v) is 5.07. The van der Waals surface area contributed by atoms with E-state index >= 15 is 0 Å². The average Bonchev–Trinajstić information content (AvgIpc) is 2.15. The van der Waals surface area contributed by atoms with Gasteiger partial charge in [-0.2, -0.15) is 5.10 Å². The van der Waals surface area contributed by atoms with E-state index < -0.39 is 5.91 Å². The Hall–Kier alpha value is -1.85. The number of amides is 1. The lowest BCUT2D eigenvalue weighted by molar-refractivity contribution is -0.116. The molecule has 88 valence electrons. The van der Waals surface area contributed by atoms with Crippen LogP contribution in [0.2, 0.25) is 0 Å². The standard InChI is InChI=1S/C10H16N4O2/c1-7(2)5-14(6-9(11)15)8-3-10(16)13-12-4-8/h3-4,7H,5-6H2,1-2H3,(H2,11,15)(H,13,16). The van der Waals surface area contributed by atoms with E-state index in [0.717, 1.165) is 0 Å². The van der Waals surface area contributed by atoms with E-state index in [9.17, 15) is 9.59 Å². The number of carbonyl (C=O) groups excluding carboxylic acids is 1. The number of rotatable bonds is 5. The fourth-order valence-corrected chi connectivity index (χ4v) is 1.43. The van der Waals surface area contributed by atoms with Crippen molar-refractivity contribution in [3.63, 3.8) is 0 Å². The Balaban J connectivity index is 2.91. The highest BCUT2D eigenvalue weighted by Gasteiger charge is 2.11. The lowest BCUT2D eigenvalue weighted by Gasteiger charge is -2.24. The number of anilines is 1. The monoisotopic (exact) mass is 224 g/mol. The number of carbonyl (C=O) groups is 1. The van der Waals surface area contributed by atoms with Crippen LogP contribution >= 0.6 is 0 Å². The maximum absolute atomic E-state index is 11.1. The highest BCUT2D eigenvalue weighted by molar-refractivity contribution is 5.79. The molecule has 0 aliphatic heterocycles. The first-order chi connectivity index (χ1) is 7.49. The number of nitrogens with zero attached hydrogens (tertiary/aromatic N) is 2. The van der Waals surface area contributed by atoms with Crippen LogP contribution in [-0.2, 0) is 4.79 Å². The van der Waals surface area contributed by atoms with Crippen LogP contribution in [0.5, 0.6) is 0 Å². The van der Waals surface area contributed by atoms with Gasteiger partial charge >= 0.3 is 0 Å². The molecule has 0 atom stereocenters. The predicted octanol–water partition coefficient (Wildman–Crippen LogP) is -0.282. The fourth-order valence-electron chi connectivity index (χ4n) is 1.43. The van der Waals surface area contributed by atoms with Gasteiger partial charge in [0.15, 0.2) is 0 Å². The van der Waals surface area contributed by atoms with Gasteiger partial charge in [0.05, 0.1) is 18.4 Å². The average molecular weight is 224 g/mol. The van der Waals surface area contributed by atoms with Crippen LogP contribution in [0.25, 0.3) is 0 Å². The lowest BCUT2D eigenvalue weighted by atomic mass is 10.2. The van der Waals surface area contributed by atoms with Gasteiger partial charge in [0, 0.05) is 12.6 Å². The Labute approximate surface area is 93.5 Å². The molecule has 6 nitrogen and oxygen atoms in total. The van der Waals surface area contributed by atoms with Crippen molar-refractivity contribution in [1.82, 2.24) is 10.2 Å². The Morgan fingerprint density at radius 2 is 2.31 bits per heavy atom. The molecule has 0 fully saturated rings. The first-order valence-electron chi connectivity index (χ1n) is 5.07. The van der Waals surface area contributed by atoms with Gasteiger partial charge in [0.25, 0.3) is 5.56 Å². The molecule has 6 heteroatoms. The highest BCUT2D eigenvalue weighted by atomic mass is 16.1. The van der Waals surface area contributed by atoms with E-state index in [2.05, 4.69) is 10.2 Å². The van der Waals surface area contributed by atoms with Crippen LogP contribution in [0.1, 0.15) is 13.8 Å². The second-order valence-electron chi connectivity index (χ2n) is 4.04. The number of primary amides is 1. The van der Waals surface area contributed by atoms with Gasteiger partial charge in [-0.25, -0.2) is 5.10 Å². The normalized spacial score (nSPS) is 10.4. The van der Waals surface area contributed by atoms with Crippen LogP contribution < -0.4 is 16.2 Å². The molecule has 3 N–H and O–H groups in total. The molecule has 0 unspecified atom stereocenters. The van der Waals surface area contributed by atoms with Crippen molar-refractivity contribution in [1.29, 1.82) is 0 Å². The van der Waals surface area contributed by atoms with E-state index in [1.54, 1.807) is 4.90 Å². The van der Waals surface area contributed by atoms with Gasteiger partial charge in [-0.15, -0.1) is 0 Å². The molecular formula is C10H16N4O2. The quantitative estimate of drug-likeness (QED) is 0.719. The number of nitrogens with one attached hydrogen (secondary N) is 1. The Morgan fingerprint density at radius 3 is 2.81 bits per heavy atom. The van der Waals surface area contributed by atoms with Crippen molar-refractivity contribution in [2.45, 2.75) is 13.8 Å². The zero-order valence-electron chi connectivity index (χ0n) is 9.43. The minimum absolute atomic E-state index is 0.0866. The number of H-pyrrole nitrogens is 1. The van der Waals surface area contributed by atoms with Gasteiger partial charge < -0.3 is 10.6 Å². The van der Waals surface area contributed by atoms with Crippen molar-refractivity contribution in [2.24, 2.45) is 11.7 Å². The van der Waals surface area contributed by atoms with Gasteiger partial charge in [-0.3, -0.25) is 9.59 Å². The maximum Gasteiger partial charge on any atom is 0.266 e. The minimum atomic E-state index is -0.430. The summed E-state index contributed by atoms with van der Waals surface area (Å²) in [6.45, 7) is 4.78. The van der Waals surface area contributed by atoms with Gasteiger partial charge in [0.2, 0.25) is 5.91 Å². The molecule has 16 heavy (non-hydrogen) atoms. The summed E-state index contributed by atoms with van der Waals surface area (Å²) in [5.74, 6) is -0.0698. The summed E-state index contributed by atoms with van der Waals surface area (Å²) in [4.78, 5) is 23.8. The number of nitrogens with two attached hydrogens (primary N) is 1. The highest BCUT2D eigenvalue weighted by Crippen LogP contribution is 2.11. The second kappa shape index (κ2) is 5.29. The van der Waals surface area contributed by atoms with Crippen molar-refractivity contribution >= 4 is 11.6 Å². The Morgan fingerprint density at radius 1 is 1.62 bits per heavy atom. The van der Waals surface area contributed by atoms with Crippen molar-refractivity contribution in [2.75, 3.05) is 18.0 Å². The van der Waals surface area contributed by atoms with Crippen molar-refractivity contribution in [3.05, 3.63) is 22.6 Å². The van der Waals surface area contributed by atoms with Crippen molar-refractivity contribution in [3.8, 4) is 0 Å². The van der Waals surface area contributed by atoms with E-state index in [-0.39, 0.29) is 12.1 Å². The molecule has 1 amide bonds. The van der Waals surface area contributed by atoms with Gasteiger partial charge in [-0.05, 0) is 5.92 Å². The summed E-state index contributed by atoms with van der Waals surface area (Å²) >= 11 is 0. The zero-order valence-corrected chi connectivity index (χ0v) is 9.43. The maximum atomic E-state index is 11.1. The lowest BCUT2D eigenvalue weighted by Crippen LogP contribution is -2.36. The molecule has 0 spiro atoms. The summed E-state index contributed by atoms with van der Waals surface area (Å²) in [7, 11) is 0. The summed E-state index contributed by atoms with van der Waals surface area (Å²) in [5, 5.41) is 5.97. The molecule has 0 aliphatic rings. The molecule has 1 rings (SSSR count). The molecule has 0 radical (unpaired) electrons. The van der Waals surface area contributed by atoms with E-state index in [4.69, 9.17) is 5.73 Å². The summed E-state index contributed by atoms with van der Waals surface area (Å²) in [6, 6.07) is 1.40. The minimum Gasteiger partial charge on any atom is -0.368 e. The molecule has 0 saturated heterocycles. The van der Waals surface area contributed by atoms with Crippen LogP contribution in [0.15, 0.2) is 17.1 Å². The third-order valence-corrected chi connectivity index (χ3v) is 1.95. The number of aromatic nitrogens is 2.